The minimum absolute atomic E-state index is 0.0847. The number of esters is 1. The molecule has 0 unspecified atom stereocenters. The maximum absolute atomic E-state index is 12.3. The molecular weight excluding hydrogens is 274 g/mol. The average molecular weight is 297 g/mol. The van der Waals surface area contributed by atoms with Crippen LogP contribution in [0.3, 0.4) is 0 Å². The summed E-state index contributed by atoms with van der Waals surface area (Å²) >= 11 is 0. The molecule has 0 saturated carbocycles. The van der Waals surface area contributed by atoms with E-state index in [0.29, 0.717) is 32.8 Å². The zero-order chi connectivity index (χ0) is 15.2. The maximum atomic E-state index is 12.3. The number of piperazine rings is 1. The van der Waals surface area contributed by atoms with Crippen molar-refractivity contribution in [1.82, 2.24) is 15.5 Å². The van der Waals surface area contributed by atoms with Crippen molar-refractivity contribution in [3.63, 3.8) is 0 Å². The number of hydrogen-bond donors (Lipinski definition) is 2. The first-order valence-electron chi connectivity index (χ1n) is 7.57. The molecule has 0 aromatic rings. The van der Waals surface area contributed by atoms with Crippen LogP contribution in [-0.2, 0) is 19.1 Å². The summed E-state index contributed by atoms with van der Waals surface area (Å²) in [4.78, 5) is 37.4. The number of hydrogen-bond acceptors (Lipinski definition) is 5. The molecule has 21 heavy (non-hydrogen) atoms. The van der Waals surface area contributed by atoms with E-state index < -0.39 is 6.04 Å². The lowest BCUT2D eigenvalue weighted by atomic mass is 9.97. The van der Waals surface area contributed by atoms with E-state index in [-0.39, 0.29) is 30.1 Å². The van der Waals surface area contributed by atoms with Crippen LogP contribution in [0.2, 0.25) is 0 Å². The summed E-state index contributed by atoms with van der Waals surface area (Å²) in [5.41, 5.74) is 0. The van der Waals surface area contributed by atoms with Crippen LogP contribution in [0.15, 0.2) is 0 Å². The number of ether oxygens (including phenoxy) is 1. The van der Waals surface area contributed by atoms with Crippen LogP contribution in [0.4, 0.5) is 0 Å². The molecule has 2 rings (SSSR count). The van der Waals surface area contributed by atoms with Gasteiger partial charge < -0.3 is 20.3 Å². The molecule has 2 saturated heterocycles. The fourth-order valence-corrected chi connectivity index (χ4v) is 2.77. The molecule has 2 aliphatic rings. The fourth-order valence-electron chi connectivity index (χ4n) is 2.77. The van der Waals surface area contributed by atoms with E-state index in [0.717, 1.165) is 12.8 Å². The lowest BCUT2D eigenvalue weighted by Crippen LogP contribution is -2.55. The molecular formula is C14H23N3O4. The van der Waals surface area contributed by atoms with Gasteiger partial charge in [0.1, 0.15) is 0 Å². The van der Waals surface area contributed by atoms with Crippen molar-refractivity contribution in [2.24, 2.45) is 5.92 Å². The second kappa shape index (κ2) is 7.40. The van der Waals surface area contributed by atoms with Gasteiger partial charge in [0.25, 0.3) is 0 Å². The summed E-state index contributed by atoms with van der Waals surface area (Å²) in [6, 6.07) is -0.464. The van der Waals surface area contributed by atoms with Crippen LogP contribution < -0.4 is 10.6 Å². The van der Waals surface area contributed by atoms with Crippen molar-refractivity contribution >= 4 is 17.8 Å². The predicted molar refractivity (Wildman–Crippen MR) is 75.4 cm³/mol. The summed E-state index contributed by atoms with van der Waals surface area (Å²) in [5, 5.41) is 5.78. The number of carbonyl (C=O) groups excluding carboxylic acids is 3. The van der Waals surface area contributed by atoms with Crippen molar-refractivity contribution in [3.8, 4) is 0 Å². The zero-order valence-electron chi connectivity index (χ0n) is 12.4. The van der Waals surface area contributed by atoms with Gasteiger partial charge in [-0.15, -0.1) is 0 Å². The maximum Gasteiger partial charge on any atom is 0.310 e. The van der Waals surface area contributed by atoms with Crippen molar-refractivity contribution in [2.45, 2.75) is 32.2 Å². The molecule has 0 aliphatic carbocycles. The SMILES string of the molecule is CCOC(=O)[C@H]1CCCN(C(=O)C[C@H]2NCCNC2=O)C1. The van der Waals surface area contributed by atoms with E-state index >= 15 is 0 Å². The Bertz CT molecular complexity index is 413. The van der Waals surface area contributed by atoms with Gasteiger partial charge in [-0.2, -0.15) is 0 Å². The Morgan fingerprint density at radius 3 is 2.90 bits per heavy atom. The minimum atomic E-state index is -0.464. The first-order valence-corrected chi connectivity index (χ1v) is 7.57. The van der Waals surface area contributed by atoms with Gasteiger partial charge in [-0.3, -0.25) is 14.4 Å². The van der Waals surface area contributed by atoms with Gasteiger partial charge in [0.15, 0.2) is 0 Å². The van der Waals surface area contributed by atoms with E-state index in [9.17, 15) is 14.4 Å². The van der Waals surface area contributed by atoms with Crippen LogP contribution in [0.5, 0.6) is 0 Å². The molecule has 7 nitrogen and oxygen atoms in total. The molecule has 2 aliphatic heterocycles. The topological polar surface area (TPSA) is 87.7 Å². The summed E-state index contributed by atoms with van der Waals surface area (Å²) in [6.45, 7) is 4.44. The Labute approximate surface area is 124 Å². The highest BCUT2D eigenvalue weighted by Crippen LogP contribution is 2.19. The Kier molecular flexibility index (Phi) is 5.55. The molecule has 2 atom stereocenters. The van der Waals surface area contributed by atoms with Crippen LogP contribution in [0.1, 0.15) is 26.2 Å². The molecule has 2 fully saturated rings. The van der Waals surface area contributed by atoms with E-state index in [2.05, 4.69) is 10.6 Å². The normalized spacial score (nSPS) is 26.1. The minimum Gasteiger partial charge on any atom is -0.466 e. The van der Waals surface area contributed by atoms with E-state index in [1.807, 2.05) is 0 Å². The number of likely N-dealkylation sites (tertiary alicyclic amines) is 1. The van der Waals surface area contributed by atoms with Crippen molar-refractivity contribution in [1.29, 1.82) is 0 Å². The van der Waals surface area contributed by atoms with Gasteiger partial charge in [-0.25, -0.2) is 0 Å². The Hall–Kier alpha value is -1.63. The van der Waals surface area contributed by atoms with Gasteiger partial charge in [0.2, 0.25) is 11.8 Å². The third kappa shape index (κ3) is 4.17. The standard InChI is InChI=1S/C14H23N3O4/c1-2-21-14(20)10-4-3-7-17(9-10)12(18)8-11-13(19)16-6-5-15-11/h10-11,15H,2-9H2,1H3,(H,16,19)/t10-,11+/m0/s1. The van der Waals surface area contributed by atoms with Gasteiger partial charge in [0, 0.05) is 26.2 Å². The molecule has 0 aromatic heterocycles. The van der Waals surface area contributed by atoms with Crippen LogP contribution >= 0.6 is 0 Å². The monoisotopic (exact) mass is 297 g/mol. The van der Waals surface area contributed by atoms with Gasteiger partial charge in [-0.1, -0.05) is 0 Å². The summed E-state index contributed by atoms with van der Waals surface area (Å²) in [5.74, 6) is -0.688. The van der Waals surface area contributed by atoms with E-state index in [1.165, 1.54) is 0 Å². The number of nitrogens with one attached hydrogen (secondary N) is 2. The molecule has 118 valence electrons. The lowest BCUT2D eigenvalue weighted by molar-refractivity contribution is -0.151. The first kappa shape index (κ1) is 15.8. The average Bonchev–Trinajstić information content (AvgIpc) is 2.50. The predicted octanol–water partition coefficient (Wildman–Crippen LogP) is -0.734. The highest BCUT2D eigenvalue weighted by Gasteiger charge is 2.32. The molecule has 7 heteroatoms. The van der Waals surface area contributed by atoms with Crippen molar-refractivity contribution < 1.29 is 19.1 Å². The lowest BCUT2D eigenvalue weighted by Gasteiger charge is -2.33. The smallest absolute Gasteiger partial charge is 0.310 e. The van der Waals surface area contributed by atoms with E-state index in [1.54, 1.807) is 11.8 Å². The number of amides is 2. The summed E-state index contributed by atoms with van der Waals surface area (Å²) < 4.78 is 5.02. The van der Waals surface area contributed by atoms with Gasteiger partial charge in [-0.05, 0) is 19.8 Å². The fraction of sp³-hybridized carbons (Fsp3) is 0.786. The van der Waals surface area contributed by atoms with Gasteiger partial charge in [0.05, 0.1) is 25.0 Å². The Balaban J connectivity index is 1.86. The number of carbonyl (C=O) groups is 3. The Morgan fingerprint density at radius 2 is 2.19 bits per heavy atom. The number of piperidine rings is 1. The van der Waals surface area contributed by atoms with Crippen LogP contribution in [0, 0.1) is 5.92 Å². The third-order valence-corrected chi connectivity index (χ3v) is 3.90. The molecule has 2 N–H and O–H groups in total. The molecule has 2 heterocycles. The largest absolute Gasteiger partial charge is 0.466 e. The number of nitrogens with zero attached hydrogens (tertiary/aromatic N) is 1. The highest BCUT2D eigenvalue weighted by molar-refractivity contribution is 5.89. The van der Waals surface area contributed by atoms with Crippen molar-refractivity contribution in [3.05, 3.63) is 0 Å². The summed E-state index contributed by atoms with van der Waals surface area (Å²) in [6.07, 6.45) is 1.69. The zero-order valence-corrected chi connectivity index (χ0v) is 12.4. The van der Waals surface area contributed by atoms with Crippen LogP contribution in [-0.4, -0.2) is 61.5 Å². The highest BCUT2D eigenvalue weighted by atomic mass is 16.5. The molecule has 0 spiro atoms. The molecule has 2 amide bonds. The third-order valence-electron chi connectivity index (χ3n) is 3.90. The second-order valence-corrected chi connectivity index (χ2v) is 5.43. The van der Waals surface area contributed by atoms with Crippen LogP contribution in [0.25, 0.3) is 0 Å². The van der Waals surface area contributed by atoms with E-state index in [4.69, 9.17) is 4.74 Å². The number of rotatable bonds is 4. The second-order valence-electron chi connectivity index (χ2n) is 5.43. The first-order chi connectivity index (χ1) is 10.1. The molecule has 0 aromatic carbocycles. The molecule has 0 bridgehead atoms. The summed E-state index contributed by atoms with van der Waals surface area (Å²) in [7, 11) is 0. The van der Waals surface area contributed by atoms with Crippen molar-refractivity contribution in [2.75, 3.05) is 32.8 Å². The quantitative estimate of drug-likeness (QED) is 0.668. The Morgan fingerprint density at radius 1 is 1.38 bits per heavy atom. The molecule has 0 radical (unpaired) electrons. The van der Waals surface area contributed by atoms with Gasteiger partial charge >= 0.3 is 5.97 Å².